The zero-order valence-electron chi connectivity index (χ0n) is 9.62. The molecule has 2 aromatic rings. The second-order valence-electron chi connectivity index (χ2n) is 3.83. The summed E-state index contributed by atoms with van der Waals surface area (Å²) in [7, 11) is 0. The lowest BCUT2D eigenvalue weighted by molar-refractivity contribution is -0.384. The van der Waals surface area contributed by atoms with Crippen LogP contribution >= 0.6 is 0 Å². The molecule has 0 aliphatic heterocycles. The van der Waals surface area contributed by atoms with Gasteiger partial charge in [0.2, 0.25) is 0 Å². The SMILES string of the molecule is Cc1ccc(-n2cc([N+](=O)[O-])cn2)c(C(=N)N)c1. The van der Waals surface area contributed by atoms with Crippen LogP contribution in [-0.2, 0) is 0 Å². The van der Waals surface area contributed by atoms with Crippen molar-refractivity contribution in [1.29, 1.82) is 5.41 Å². The lowest BCUT2D eigenvalue weighted by Crippen LogP contribution is -2.15. The number of nitrogens with one attached hydrogen (secondary N) is 1. The molecular weight excluding hydrogens is 234 g/mol. The lowest BCUT2D eigenvalue weighted by Gasteiger charge is -2.08. The summed E-state index contributed by atoms with van der Waals surface area (Å²) in [4.78, 5) is 10.1. The normalized spacial score (nSPS) is 10.3. The molecule has 7 nitrogen and oxygen atoms in total. The fourth-order valence-corrected chi connectivity index (χ4v) is 1.60. The average Bonchev–Trinajstić information content (AvgIpc) is 2.78. The third kappa shape index (κ3) is 2.05. The minimum Gasteiger partial charge on any atom is -0.384 e. The summed E-state index contributed by atoms with van der Waals surface area (Å²) in [5.41, 5.74) is 7.38. The molecule has 7 heteroatoms. The topological polar surface area (TPSA) is 111 Å². The fraction of sp³-hybridized carbons (Fsp3) is 0.0909. The molecule has 18 heavy (non-hydrogen) atoms. The standard InChI is InChI=1S/C11H11N5O2/c1-7-2-3-10(9(4-7)11(12)13)15-6-8(5-14-15)16(17)18/h2-6H,1H3,(H3,12,13). The zero-order valence-corrected chi connectivity index (χ0v) is 9.62. The molecule has 0 unspecified atom stereocenters. The molecule has 0 aliphatic carbocycles. The number of hydrogen-bond acceptors (Lipinski definition) is 4. The van der Waals surface area contributed by atoms with E-state index in [1.165, 1.54) is 10.9 Å². The van der Waals surface area contributed by atoms with Crippen LogP contribution in [0.3, 0.4) is 0 Å². The Bertz CT molecular complexity index is 632. The predicted octanol–water partition coefficient (Wildman–Crippen LogP) is 1.37. The largest absolute Gasteiger partial charge is 0.384 e. The van der Waals surface area contributed by atoms with Crippen molar-refractivity contribution in [3.8, 4) is 5.69 Å². The van der Waals surface area contributed by atoms with E-state index in [1.54, 1.807) is 12.1 Å². The molecule has 0 spiro atoms. The number of aryl methyl sites for hydroxylation is 1. The lowest BCUT2D eigenvalue weighted by atomic mass is 10.1. The van der Waals surface area contributed by atoms with Gasteiger partial charge in [-0.25, -0.2) is 4.68 Å². The smallest absolute Gasteiger partial charge is 0.307 e. The van der Waals surface area contributed by atoms with Gasteiger partial charge in [-0.05, 0) is 19.1 Å². The molecule has 0 saturated carbocycles. The number of nitrogens with zero attached hydrogens (tertiary/aromatic N) is 3. The van der Waals surface area contributed by atoms with E-state index in [2.05, 4.69) is 5.10 Å². The van der Waals surface area contributed by atoms with E-state index in [-0.39, 0.29) is 11.5 Å². The van der Waals surface area contributed by atoms with E-state index >= 15 is 0 Å². The molecule has 0 bridgehead atoms. The molecule has 1 aromatic carbocycles. The molecule has 0 amide bonds. The number of benzene rings is 1. The molecule has 2 rings (SSSR count). The molecule has 0 saturated heterocycles. The van der Waals surface area contributed by atoms with Gasteiger partial charge >= 0.3 is 5.69 Å². The number of nitrogen functional groups attached to an aromatic ring is 1. The van der Waals surface area contributed by atoms with E-state index < -0.39 is 4.92 Å². The Hall–Kier alpha value is -2.70. The van der Waals surface area contributed by atoms with Gasteiger partial charge in [-0.1, -0.05) is 11.6 Å². The molecule has 1 heterocycles. The predicted molar refractivity (Wildman–Crippen MR) is 66.0 cm³/mol. The van der Waals surface area contributed by atoms with Gasteiger partial charge < -0.3 is 5.73 Å². The Morgan fingerprint density at radius 3 is 2.83 bits per heavy atom. The van der Waals surface area contributed by atoms with Crippen LogP contribution < -0.4 is 5.73 Å². The summed E-state index contributed by atoms with van der Waals surface area (Å²) < 4.78 is 1.34. The Kier molecular flexibility index (Phi) is 2.80. The first-order chi connectivity index (χ1) is 8.49. The summed E-state index contributed by atoms with van der Waals surface area (Å²) >= 11 is 0. The van der Waals surface area contributed by atoms with Gasteiger partial charge in [-0.15, -0.1) is 0 Å². The average molecular weight is 245 g/mol. The van der Waals surface area contributed by atoms with Gasteiger partial charge in [-0.2, -0.15) is 5.10 Å². The molecule has 1 aromatic heterocycles. The van der Waals surface area contributed by atoms with E-state index in [1.807, 2.05) is 13.0 Å². The van der Waals surface area contributed by atoms with Crippen molar-refractivity contribution in [1.82, 2.24) is 9.78 Å². The van der Waals surface area contributed by atoms with Crippen LogP contribution in [-0.4, -0.2) is 20.5 Å². The summed E-state index contributed by atoms with van der Waals surface area (Å²) in [5, 5.41) is 22.0. The van der Waals surface area contributed by atoms with Crippen molar-refractivity contribution in [2.45, 2.75) is 6.92 Å². The maximum Gasteiger partial charge on any atom is 0.307 e. The Morgan fingerprint density at radius 1 is 1.56 bits per heavy atom. The van der Waals surface area contributed by atoms with Gasteiger partial charge in [0.05, 0.1) is 10.6 Å². The van der Waals surface area contributed by atoms with Crippen molar-refractivity contribution >= 4 is 11.5 Å². The van der Waals surface area contributed by atoms with Gasteiger partial charge in [0.1, 0.15) is 18.2 Å². The van der Waals surface area contributed by atoms with Crippen molar-refractivity contribution in [2.75, 3.05) is 0 Å². The maximum absolute atomic E-state index is 10.6. The third-order valence-electron chi connectivity index (χ3n) is 2.47. The zero-order chi connectivity index (χ0) is 13.3. The van der Waals surface area contributed by atoms with Crippen molar-refractivity contribution in [3.63, 3.8) is 0 Å². The van der Waals surface area contributed by atoms with Gasteiger partial charge in [0.15, 0.2) is 0 Å². The number of nitro groups is 1. The number of rotatable bonds is 3. The van der Waals surface area contributed by atoms with E-state index in [9.17, 15) is 10.1 Å². The molecule has 0 fully saturated rings. The summed E-state index contributed by atoms with van der Waals surface area (Å²) in [6, 6.07) is 5.29. The first kappa shape index (κ1) is 11.8. The minimum atomic E-state index is -0.523. The van der Waals surface area contributed by atoms with Gasteiger partial charge in [-0.3, -0.25) is 15.5 Å². The van der Waals surface area contributed by atoms with Crippen LogP contribution in [0.1, 0.15) is 11.1 Å². The number of aromatic nitrogens is 2. The second-order valence-corrected chi connectivity index (χ2v) is 3.83. The summed E-state index contributed by atoms with van der Waals surface area (Å²) in [6.07, 6.45) is 2.45. The highest BCUT2D eigenvalue weighted by Gasteiger charge is 2.13. The van der Waals surface area contributed by atoms with Crippen molar-refractivity contribution in [3.05, 3.63) is 51.8 Å². The van der Waals surface area contributed by atoms with Gasteiger partial charge in [0.25, 0.3) is 0 Å². The van der Waals surface area contributed by atoms with Crippen molar-refractivity contribution < 1.29 is 4.92 Å². The van der Waals surface area contributed by atoms with Crippen LogP contribution in [0.5, 0.6) is 0 Å². The van der Waals surface area contributed by atoms with E-state index in [0.717, 1.165) is 11.8 Å². The highest BCUT2D eigenvalue weighted by Crippen LogP contribution is 2.18. The van der Waals surface area contributed by atoms with Gasteiger partial charge in [0, 0.05) is 5.56 Å². The Balaban J connectivity index is 2.55. The molecular formula is C11H11N5O2. The van der Waals surface area contributed by atoms with E-state index in [4.69, 9.17) is 11.1 Å². The fourth-order valence-electron chi connectivity index (χ4n) is 1.60. The Morgan fingerprint density at radius 2 is 2.28 bits per heavy atom. The number of amidine groups is 1. The quantitative estimate of drug-likeness (QED) is 0.368. The van der Waals surface area contributed by atoms with Crippen LogP contribution in [0.15, 0.2) is 30.6 Å². The first-order valence-electron chi connectivity index (χ1n) is 5.13. The monoisotopic (exact) mass is 245 g/mol. The molecule has 3 N–H and O–H groups in total. The molecule has 92 valence electrons. The summed E-state index contributed by atoms with van der Waals surface area (Å²) in [6.45, 7) is 1.88. The number of hydrogen-bond donors (Lipinski definition) is 2. The third-order valence-corrected chi connectivity index (χ3v) is 2.47. The van der Waals surface area contributed by atoms with E-state index in [0.29, 0.717) is 11.3 Å². The summed E-state index contributed by atoms with van der Waals surface area (Å²) in [5.74, 6) is -0.105. The van der Waals surface area contributed by atoms with Crippen molar-refractivity contribution in [2.24, 2.45) is 5.73 Å². The van der Waals surface area contributed by atoms with Crippen LogP contribution in [0.4, 0.5) is 5.69 Å². The first-order valence-corrected chi connectivity index (χ1v) is 5.13. The highest BCUT2D eigenvalue weighted by molar-refractivity contribution is 5.98. The maximum atomic E-state index is 10.6. The highest BCUT2D eigenvalue weighted by atomic mass is 16.6. The van der Waals surface area contributed by atoms with Crippen LogP contribution in [0, 0.1) is 22.4 Å². The molecule has 0 aliphatic rings. The number of nitrogens with two attached hydrogens (primary N) is 1. The second kappa shape index (κ2) is 4.28. The Labute approximate surface area is 103 Å². The minimum absolute atomic E-state index is 0.105. The van der Waals surface area contributed by atoms with Crippen LogP contribution in [0.2, 0.25) is 0 Å². The molecule has 0 atom stereocenters. The molecule has 0 radical (unpaired) electrons. The van der Waals surface area contributed by atoms with Crippen LogP contribution in [0.25, 0.3) is 5.69 Å².